The number of likely N-dealkylation sites (tertiary alicyclic amines) is 1. The van der Waals surface area contributed by atoms with E-state index < -0.39 is 0 Å². The molecule has 0 bridgehead atoms. The van der Waals surface area contributed by atoms with Gasteiger partial charge in [-0.3, -0.25) is 19.4 Å². The molecule has 3 aliphatic rings. The van der Waals surface area contributed by atoms with Crippen LogP contribution in [0.1, 0.15) is 40.0 Å². The minimum atomic E-state index is -0.150. The summed E-state index contributed by atoms with van der Waals surface area (Å²) < 4.78 is 0. The third kappa shape index (κ3) is 2.16. The molecule has 0 aliphatic carbocycles. The van der Waals surface area contributed by atoms with E-state index in [0.717, 1.165) is 39.0 Å². The highest BCUT2D eigenvalue weighted by atomic mass is 16.2. The zero-order chi connectivity index (χ0) is 15.2. The number of fused-ring (bicyclic) bond motifs is 1. The van der Waals surface area contributed by atoms with Crippen molar-refractivity contribution in [1.82, 2.24) is 15.1 Å². The molecule has 1 spiro atoms. The minimum Gasteiger partial charge on any atom is -0.316 e. The maximum Gasteiger partial charge on any atom is 0.262 e. The molecule has 0 saturated carbocycles. The van der Waals surface area contributed by atoms with Gasteiger partial charge in [0, 0.05) is 19.6 Å². The van der Waals surface area contributed by atoms with Gasteiger partial charge in [-0.25, -0.2) is 0 Å². The van der Waals surface area contributed by atoms with E-state index in [0.29, 0.717) is 23.2 Å². The molecule has 0 atom stereocenters. The highest BCUT2D eigenvalue weighted by Crippen LogP contribution is 2.37. The monoisotopic (exact) mass is 299 g/mol. The molecule has 1 aromatic rings. The number of carbonyl (C=O) groups excluding carboxylic acids is 2. The Bertz CT molecular complexity index is 577. The van der Waals surface area contributed by atoms with E-state index >= 15 is 0 Å². The topological polar surface area (TPSA) is 52.7 Å². The van der Waals surface area contributed by atoms with Crippen molar-refractivity contribution in [2.24, 2.45) is 5.41 Å². The minimum absolute atomic E-state index is 0.150. The second kappa shape index (κ2) is 5.18. The summed E-state index contributed by atoms with van der Waals surface area (Å²) in [6.45, 7) is 4.60. The predicted octanol–water partition coefficient (Wildman–Crippen LogP) is 1.32. The summed E-state index contributed by atoms with van der Waals surface area (Å²) in [4.78, 5) is 28.4. The van der Waals surface area contributed by atoms with Gasteiger partial charge >= 0.3 is 0 Å². The Balaban J connectivity index is 1.43. The number of carbonyl (C=O) groups is 2. The summed E-state index contributed by atoms with van der Waals surface area (Å²) in [5.74, 6) is -0.299. The zero-order valence-corrected chi connectivity index (χ0v) is 12.7. The van der Waals surface area contributed by atoms with E-state index in [-0.39, 0.29) is 11.8 Å². The van der Waals surface area contributed by atoms with Gasteiger partial charge in [-0.1, -0.05) is 12.1 Å². The van der Waals surface area contributed by atoms with Crippen molar-refractivity contribution in [2.75, 3.05) is 32.8 Å². The van der Waals surface area contributed by atoms with E-state index in [1.165, 1.54) is 11.3 Å². The van der Waals surface area contributed by atoms with Crippen LogP contribution >= 0.6 is 0 Å². The molecule has 0 aromatic heterocycles. The highest BCUT2D eigenvalue weighted by molar-refractivity contribution is 6.21. The van der Waals surface area contributed by atoms with Crippen molar-refractivity contribution >= 4 is 11.8 Å². The molecule has 3 heterocycles. The Morgan fingerprint density at radius 3 is 2.18 bits per heavy atom. The smallest absolute Gasteiger partial charge is 0.262 e. The van der Waals surface area contributed by atoms with Crippen LogP contribution < -0.4 is 5.32 Å². The Kier molecular flexibility index (Phi) is 3.27. The molecule has 0 unspecified atom stereocenters. The lowest BCUT2D eigenvalue weighted by molar-refractivity contribution is 0.0428. The maximum atomic E-state index is 12.4. The molecule has 1 N–H and O–H groups in total. The molecule has 2 fully saturated rings. The number of piperidine rings is 1. The second-order valence-electron chi connectivity index (χ2n) is 6.77. The summed E-state index contributed by atoms with van der Waals surface area (Å²) in [5, 5.41) is 3.46. The predicted molar refractivity (Wildman–Crippen MR) is 82.5 cm³/mol. The molecule has 2 saturated heterocycles. The van der Waals surface area contributed by atoms with Crippen LogP contribution in [0.5, 0.6) is 0 Å². The molecule has 0 radical (unpaired) electrons. The van der Waals surface area contributed by atoms with E-state index in [4.69, 9.17) is 0 Å². The molecule has 1 aromatic carbocycles. The first-order chi connectivity index (χ1) is 10.7. The van der Waals surface area contributed by atoms with Crippen LogP contribution in [0.2, 0.25) is 0 Å². The standard InChI is InChI=1S/C17H21N3O2/c21-15-13-3-1-2-4-14(13)16(22)20(15)12-19-9-6-17(7-10-19)5-8-18-11-17/h1-4,18H,5-12H2. The van der Waals surface area contributed by atoms with Crippen LogP contribution in [0.25, 0.3) is 0 Å². The average molecular weight is 299 g/mol. The number of amides is 2. The molecule has 3 aliphatic heterocycles. The van der Waals surface area contributed by atoms with E-state index in [1.54, 1.807) is 12.1 Å². The van der Waals surface area contributed by atoms with E-state index in [2.05, 4.69) is 10.2 Å². The Morgan fingerprint density at radius 1 is 1.00 bits per heavy atom. The van der Waals surface area contributed by atoms with Gasteiger partial charge in [-0.15, -0.1) is 0 Å². The number of benzene rings is 1. The van der Waals surface area contributed by atoms with Crippen molar-refractivity contribution in [2.45, 2.75) is 19.3 Å². The maximum absolute atomic E-state index is 12.4. The SMILES string of the molecule is O=C1c2ccccc2C(=O)N1CN1CCC2(CCNC2)CC1. The number of imide groups is 1. The van der Waals surface area contributed by atoms with Crippen LogP contribution in [-0.4, -0.2) is 54.5 Å². The summed E-state index contributed by atoms with van der Waals surface area (Å²) in [7, 11) is 0. The normalized spacial score (nSPS) is 24.3. The van der Waals surface area contributed by atoms with Crippen LogP contribution in [0, 0.1) is 5.41 Å². The molecule has 2 amide bonds. The lowest BCUT2D eigenvalue weighted by atomic mass is 9.78. The summed E-state index contributed by atoms with van der Waals surface area (Å²) >= 11 is 0. The molecule has 5 nitrogen and oxygen atoms in total. The van der Waals surface area contributed by atoms with Crippen molar-refractivity contribution in [3.8, 4) is 0 Å². The number of nitrogens with zero attached hydrogens (tertiary/aromatic N) is 2. The molecular formula is C17H21N3O2. The van der Waals surface area contributed by atoms with Crippen LogP contribution in [0.4, 0.5) is 0 Å². The highest BCUT2D eigenvalue weighted by Gasteiger charge is 2.40. The third-order valence-electron chi connectivity index (χ3n) is 5.47. The fourth-order valence-electron chi connectivity index (χ4n) is 3.96. The fraction of sp³-hybridized carbons (Fsp3) is 0.529. The summed E-state index contributed by atoms with van der Waals surface area (Å²) in [6, 6.07) is 7.10. The van der Waals surface area contributed by atoms with Crippen molar-refractivity contribution in [1.29, 1.82) is 0 Å². The van der Waals surface area contributed by atoms with Gasteiger partial charge in [0.1, 0.15) is 0 Å². The molecule has 5 heteroatoms. The van der Waals surface area contributed by atoms with E-state index in [9.17, 15) is 9.59 Å². The number of nitrogens with one attached hydrogen (secondary N) is 1. The van der Waals surface area contributed by atoms with Gasteiger partial charge in [0.05, 0.1) is 17.8 Å². The Labute approximate surface area is 130 Å². The molecule has 22 heavy (non-hydrogen) atoms. The third-order valence-corrected chi connectivity index (χ3v) is 5.47. The van der Waals surface area contributed by atoms with Gasteiger partial charge in [0.2, 0.25) is 0 Å². The number of hydrogen-bond donors (Lipinski definition) is 1. The van der Waals surface area contributed by atoms with Crippen molar-refractivity contribution in [3.05, 3.63) is 35.4 Å². The number of rotatable bonds is 2. The van der Waals surface area contributed by atoms with Gasteiger partial charge in [-0.2, -0.15) is 0 Å². The Morgan fingerprint density at radius 2 is 1.64 bits per heavy atom. The molecule has 116 valence electrons. The first kappa shape index (κ1) is 13.9. The van der Waals surface area contributed by atoms with Gasteiger partial charge in [0.15, 0.2) is 0 Å². The van der Waals surface area contributed by atoms with Crippen LogP contribution in [0.3, 0.4) is 0 Å². The quantitative estimate of drug-likeness (QED) is 0.837. The average Bonchev–Trinajstić information content (AvgIpc) is 3.09. The lowest BCUT2D eigenvalue weighted by Gasteiger charge is -2.39. The van der Waals surface area contributed by atoms with Crippen LogP contribution in [0.15, 0.2) is 24.3 Å². The second-order valence-corrected chi connectivity index (χ2v) is 6.77. The molecule has 4 rings (SSSR count). The first-order valence-electron chi connectivity index (χ1n) is 8.07. The lowest BCUT2D eigenvalue weighted by Crippen LogP contribution is -2.47. The molecular weight excluding hydrogens is 278 g/mol. The first-order valence-corrected chi connectivity index (χ1v) is 8.07. The van der Waals surface area contributed by atoms with E-state index in [1.807, 2.05) is 12.1 Å². The summed E-state index contributed by atoms with van der Waals surface area (Å²) in [6.07, 6.45) is 3.57. The Hall–Kier alpha value is -1.72. The number of hydrogen-bond acceptors (Lipinski definition) is 4. The van der Waals surface area contributed by atoms with Gasteiger partial charge in [0.25, 0.3) is 11.8 Å². The van der Waals surface area contributed by atoms with Crippen LogP contribution in [-0.2, 0) is 0 Å². The van der Waals surface area contributed by atoms with Gasteiger partial charge < -0.3 is 5.32 Å². The zero-order valence-electron chi connectivity index (χ0n) is 12.7. The van der Waals surface area contributed by atoms with Crippen molar-refractivity contribution < 1.29 is 9.59 Å². The fourth-order valence-corrected chi connectivity index (χ4v) is 3.96. The summed E-state index contributed by atoms with van der Waals surface area (Å²) in [5.41, 5.74) is 1.54. The van der Waals surface area contributed by atoms with Gasteiger partial charge in [-0.05, 0) is 43.4 Å². The van der Waals surface area contributed by atoms with Crippen molar-refractivity contribution in [3.63, 3.8) is 0 Å². The largest absolute Gasteiger partial charge is 0.316 e.